The molecular formula is C17H20N2O3. The topological polar surface area (TPSA) is 61.2 Å². The van der Waals surface area contributed by atoms with Gasteiger partial charge in [0.2, 0.25) is 0 Å². The van der Waals surface area contributed by atoms with Crippen LogP contribution in [-0.2, 0) is 16.0 Å². The maximum absolute atomic E-state index is 11.9. The van der Waals surface area contributed by atoms with E-state index in [9.17, 15) is 9.59 Å². The monoisotopic (exact) mass is 300 g/mol. The fourth-order valence-electron chi connectivity index (χ4n) is 2.13. The number of hydrogen-bond donors (Lipinski definition) is 0. The van der Waals surface area contributed by atoms with Gasteiger partial charge in [0.25, 0.3) is 5.56 Å². The summed E-state index contributed by atoms with van der Waals surface area (Å²) in [4.78, 5) is 23.8. The van der Waals surface area contributed by atoms with E-state index < -0.39 is 12.0 Å². The van der Waals surface area contributed by atoms with E-state index in [0.717, 1.165) is 12.0 Å². The molecule has 0 bridgehead atoms. The minimum atomic E-state index is -0.748. The van der Waals surface area contributed by atoms with Gasteiger partial charge in [-0.05, 0) is 31.9 Å². The molecule has 0 aliphatic heterocycles. The first-order valence-electron chi connectivity index (χ1n) is 7.42. The van der Waals surface area contributed by atoms with Gasteiger partial charge < -0.3 is 4.74 Å². The van der Waals surface area contributed by atoms with Gasteiger partial charge in [-0.1, -0.05) is 31.2 Å². The predicted molar refractivity (Wildman–Crippen MR) is 84.7 cm³/mol. The van der Waals surface area contributed by atoms with Crippen LogP contribution in [0.3, 0.4) is 0 Å². The number of aromatic nitrogens is 2. The van der Waals surface area contributed by atoms with Gasteiger partial charge in [0.15, 0.2) is 6.04 Å². The van der Waals surface area contributed by atoms with Crippen LogP contribution in [0.2, 0.25) is 0 Å². The minimum absolute atomic E-state index is 0.274. The molecule has 5 nitrogen and oxygen atoms in total. The molecule has 0 amide bonds. The molecule has 0 aliphatic carbocycles. The van der Waals surface area contributed by atoms with Crippen molar-refractivity contribution in [2.24, 2.45) is 0 Å². The van der Waals surface area contributed by atoms with Crippen molar-refractivity contribution in [2.45, 2.75) is 33.2 Å². The molecule has 0 fully saturated rings. The van der Waals surface area contributed by atoms with Crippen molar-refractivity contribution in [3.05, 3.63) is 52.3 Å². The number of carbonyl (C=O) groups excluding carboxylic acids is 1. The van der Waals surface area contributed by atoms with Crippen molar-refractivity contribution < 1.29 is 9.53 Å². The van der Waals surface area contributed by atoms with Crippen LogP contribution in [0, 0.1) is 0 Å². The standard InChI is InChI=1S/C17H20N2O3/c1-4-13-6-8-14(9-7-13)15-10-11-16(20)19(18-15)12(3)17(21)22-5-2/h6-12H,4-5H2,1-3H3/t12-/m1/s1. The lowest BCUT2D eigenvalue weighted by Crippen LogP contribution is -2.31. The number of benzene rings is 1. The van der Waals surface area contributed by atoms with Crippen molar-refractivity contribution in [2.75, 3.05) is 6.61 Å². The number of carbonyl (C=O) groups is 1. The van der Waals surface area contributed by atoms with Gasteiger partial charge in [0.1, 0.15) is 0 Å². The molecule has 0 saturated carbocycles. The highest BCUT2D eigenvalue weighted by molar-refractivity contribution is 5.73. The summed E-state index contributed by atoms with van der Waals surface area (Å²) in [5.41, 5.74) is 2.46. The van der Waals surface area contributed by atoms with E-state index in [2.05, 4.69) is 12.0 Å². The van der Waals surface area contributed by atoms with Crippen LogP contribution < -0.4 is 5.56 Å². The quantitative estimate of drug-likeness (QED) is 0.796. The first kappa shape index (κ1) is 15.9. The zero-order chi connectivity index (χ0) is 16.1. The Morgan fingerprint density at radius 1 is 1.18 bits per heavy atom. The molecule has 2 rings (SSSR count). The number of aryl methyl sites for hydroxylation is 1. The fourth-order valence-corrected chi connectivity index (χ4v) is 2.13. The Hall–Kier alpha value is -2.43. The number of rotatable bonds is 5. The molecule has 22 heavy (non-hydrogen) atoms. The molecular weight excluding hydrogens is 280 g/mol. The first-order chi connectivity index (χ1) is 10.6. The van der Waals surface area contributed by atoms with E-state index in [1.54, 1.807) is 19.9 Å². The highest BCUT2D eigenvalue weighted by Gasteiger charge is 2.19. The number of nitrogens with zero attached hydrogens (tertiary/aromatic N) is 2. The average Bonchev–Trinajstić information content (AvgIpc) is 2.55. The highest BCUT2D eigenvalue weighted by atomic mass is 16.5. The Balaban J connectivity index is 2.37. The van der Waals surface area contributed by atoms with Crippen LogP contribution in [0.5, 0.6) is 0 Å². The molecule has 2 aromatic rings. The summed E-state index contributed by atoms with van der Waals surface area (Å²) in [6, 6.07) is 10.3. The minimum Gasteiger partial charge on any atom is -0.464 e. The maximum atomic E-state index is 11.9. The van der Waals surface area contributed by atoms with Gasteiger partial charge in [0, 0.05) is 11.6 Å². The summed E-state index contributed by atoms with van der Waals surface area (Å²) in [6.07, 6.45) is 0.965. The summed E-state index contributed by atoms with van der Waals surface area (Å²) in [5, 5.41) is 4.30. The van der Waals surface area contributed by atoms with Crippen LogP contribution >= 0.6 is 0 Å². The van der Waals surface area contributed by atoms with Gasteiger partial charge in [-0.2, -0.15) is 5.10 Å². The summed E-state index contributed by atoms with van der Waals surface area (Å²) in [7, 11) is 0. The summed E-state index contributed by atoms with van der Waals surface area (Å²) in [6.45, 7) is 5.70. The molecule has 1 aromatic carbocycles. The Bertz CT molecular complexity index is 705. The lowest BCUT2D eigenvalue weighted by Gasteiger charge is -2.13. The van der Waals surface area contributed by atoms with Crippen LogP contribution in [0.15, 0.2) is 41.2 Å². The van der Waals surface area contributed by atoms with Crippen molar-refractivity contribution in [1.29, 1.82) is 0 Å². The smallest absolute Gasteiger partial charge is 0.330 e. The van der Waals surface area contributed by atoms with E-state index in [1.807, 2.05) is 24.3 Å². The van der Waals surface area contributed by atoms with Gasteiger partial charge in [-0.3, -0.25) is 4.79 Å². The molecule has 1 aromatic heterocycles. The zero-order valence-corrected chi connectivity index (χ0v) is 13.1. The van der Waals surface area contributed by atoms with E-state index in [1.165, 1.54) is 16.3 Å². The van der Waals surface area contributed by atoms with Crippen LogP contribution in [0.4, 0.5) is 0 Å². The van der Waals surface area contributed by atoms with Gasteiger partial charge in [-0.15, -0.1) is 0 Å². The van der Waals surface area contributed by atoms with Gasteiger partial charge in [-0.25, -0.2) is 9.48 Å². The molecule has 1 atom stereocenters. The molecule has 0 unspecified atom stereocenters. The second kappa shape index (κ2) is 7.02. The molecule has 0 spiro atoms. The number of hydrogen-bond acceptors (Lipinski definition) is 4. The third kappa shape index (κ3) is 3.42. The van der Waals surface area contributed by atoms with Gasteiger partial charge in [0.05, 0.1) is 12.3 Å². The van der Waals surface area contributed by atoms with E-state index in [0.29, 0.717) is 5.69 Å². The summed E-state index contributed by atoms with van der Waals surface area (Å²) in [5.74, 6) is -0.462. The number of ether oxygens (including phenoxy) is 1. The molecule has 0 saturated heterocycles. The lowest BCUT2D eigenvalue weighted by molar-refractivity contribution is -0.147. The Kier molecular flexibility index (Phi) is 5.09. The normalized spacial score (nSPS) is 12.0. The largest absolute Gasteiger partial charge is 0.464 e. The SMILES string of the molecule is CCOC(=O)[C@@H](C)n1nc(-c2ccc(CC)cc2)ccc1=O. The summed E-state index contributed by atoms with van der Waals surface area (Å²) < 4.78 is 6.12. The molecule has 0 N–H and O–H groups in total. The van der Waals surface area contributed by atoms with E-state index >= 15 is 0 Å². The lowest BCUT2D eigenvalue weighted by atomic mass is 10.1. The third-order valence-electron chi connectivity index (χ3n) is 3.48. The molecule has 0 radical (unpaired) electrons. The van der Waals surface area contributed by atoms with Crippen molar-refractivity contribution in [3.8, 4) is 11.3 Å². The van der Waals surface area contributed by atoms with Gasteiger partial charge >= 0.3 is 5.97 Å². The molecule has 0 aliphatic rings. The van der Waals surface area contributed by atoms with Crippen LogP contribution in [0.25, 0.3) is 11.3 Å². The van der Waals surface area contributed by atoms with E-state index in [4.69, 9.17) is 4.74 Å². The van der Waals surface area contributed by atoms with Crippen molar-refractivity contribution >= 4 is 5.97 Å². The highest BCUT2D eigenvalue weighted by Crippen LogP contribution is 2.17. The average molecular weight is 300 g/mol. The molecule has 5 heteroatoms. The Morgan fingerprint density at radius 3 is 2.45 bits per heavy atom. The predicted octanol–water partition coefficient (Wildman–Crippen LogP) is 2.60. The zero-order valence-electron chi connectivity index (χ0n) is 13.1. The Labute approximate surface area is 129 Å². The van der Waals surface area contributed by atoms with Crippen molar-refractivity contribution in [1.82, 2.24) is 9.78 Å². The maximum Gasteiger partial charge on any atom is 0.330 e. The fraction of sp³-hybridized carbons (Fsp3) is 0.353. The first-order valence-corrected chi connectivity index (χ1v) is 7.42. The Morgan fingerprint density at radius 2 is 1.86 bits per heavy atom. The summed E-state index contributed by atoms with van der Waals surface area (Å²) >= 11 is 0. The van der Waals surface area contributed by atoms with E-state index in [-0.39, 0.29) is 12.2 Å². The third-order valence-corrected chi connectivity index (χ3v) is 3.48. The second-order valence-corrected chi connectivity index (χ2v) is 4.98. The molecule has 1 heterocycles. The van der Waals surface area contributed by atoms with Crippen LogP contribution in [0.1, 0.15) is 32.4 Å². The number of esters is 1. The van der Waals surface area contributed by atoms with Crippen molar-refractivity contribution in [3.63, 3.8) is 0 Å². The van der Waals surface area contributed by atoms with Crippen LogP contribution in [-0.4, -0.2) is 22.4 Å². The second-order valence-electron chi connectivity index (χ2n) is 4.98. The molecule has 116 valence electrons.